The first-order chi connectivity index (χ1) is 10.2. The quantitative estimate of drug-likeness (QED) is 0.825. The van der Waals surface area contributed by atoms with Gasteiger partial charge in [-0.3, -0.25) is 4.98 Å². The van der Waals surface area contributed by atoms with Crippen molar-refractivity contribution < 1.29 is 9.13 Å². The van der Waals surface area contributed by atoms with Crippen molar-refractivity contribution in [2.45, 2.75) is 64.0 Å². The lowest BCUT2D eigenvalue weighted by molar-refractivity contribution is -0.0913. The Kier molecular flexibility index (Phi) is 6.12. The summed E-state index contributed by atoms with van der Waals surface area (Å²) < 4.78 is 19.8. The number of ether oxygens (including phenoxy) is 1. The lowest BCUT2D eigenvalue weighted by Crippen LogP contribution is -2.48. The fourth-order valence-electron chi connectivity index (χ4n) is 3.44. The van der Waals surface area contributed by atoms with Crippen molar-refractivity contribution >= 4 is 0 Å². The molecule has 0 amide bonds. The molecule has 1 saturated carbocycles. The summed E-state index contributed by atoms with van der Waals surface area (Å²) in [5.41, 5.74) is 0.677. The second-order valence-electron chi connectivity index (χ2n) is 5.88. The molecule has 0 saturated heterocycles. The number of nitrogens with one attached hydrogen (secondary N) is 1. The van der Waals surface area contributed by atoms with E-state index < -0.39 is 0 Å². The van der Waals surface area contributed by atoms with E-state index in [9.17, 15) is 4.39 Å². The second kappa shape index (κ2) is 7.85. The minimum Gasteiger partial charge on any atom is -0.373 e. The van der Waals surface area contributed by atoms with Crippen molar-refractivity contribution in [2.24, 2.45) is 0 Å². The third-order valence-electron chi connectivity index (χ3n) is 4.32. The van der Waals surface area contributed by atoms with Crippen LogP contribution in [0.2, 0.25) is 0 Å². The summed E-state index contributed by atoms with van der Waals surface area (Å²) in [6.07, 6.45) is 9.73. The van der Waals surface area contributed by atoms with Gasteiger partial charge in [0.15, 0.2) is 0 Å². The number of aromatic nitrogens is 1. The predicted molar refractivity (Wildman–Crippen MR) is 82.7 cm³/mol. The van der Waals surface area contributed by atoms with Crippen LogP contribution in [0.25, 0.3) is 0 Å². The monoisotopic (exact) mass is 294 g/mol. The highest BCUT2D eigenvalue weighted by atomic mass is 19.1. The van der Waals surface area contributed by atoms with Gasteiger partial charge in [-0.25, -0.2) is 4.39 Å². The van der Waals surface area contributed by atoms with Crippen LogP contribution in [-0.4, -0.2) is 23.7 Å². The Balaban J connectivity index is 2.31. The molecular weight excluding hydrogens is 267 g/mol. The summed E-state index contributed by atoms with van der Waals surface area (Å²) in [6, 6.07) is 1.61. The first kappa shape index (κ1) is 16.4. The maximum Gasteiger partial charge on any atom is 0.141 e. The molecule has 21 heavy (non-hydrogen) atoms. The third kappa shape index (κ3) is 4.01. The highest BCUT2D eigenvalue weighted by Gasteiger charge is 2.41. The highest BCUT2D eigenvalue weighted by Crippen LogP contribution is 2.41. The summed E-state index contributed by atoms with van der Waals surface area (Å²) in [6.45, 7) is 5.77. The van der Waals surface area contributed by atoms with Crippen molar-refractivity contribution in [3.63, 3.8) is 0 Å². The summed E-state index contributed by atoms with van der Waals surface area (Å²) in [7, 11) is 0. The Bertz CT molecular complexity index is 427. The Morgan fingerprint density at radius 1 is 1.29 bits per heavy atom. The van der Waals surface area contributed by atoms with Gasteiger partial charge in [0.25, 0.3) is 0 Å². The van der Waals surface area contributed by atoms with Crippen molar-refractivity contribution in [2.75, 3.05) is 13.2 Å². The molecule has 118 valence electrons. The van der Waals surface area contributed by atoms with Gasteiger partial charge >= 0.3 is 0 Å². The van der Waals surface area contributed by atoms with Crippen LogP contribution in [0.5, 0.6) is 0 Å². The summed E-state index contributed by atoms with van der Waals surface area (Å²) >= 11 is 0. The number of hydrogen-bond acceptors (Lipinski definition) is 3. The molecule has 1 fully saturated rings. The molecule has 1 aliphatic carbocycles. The van der Waals surface area contributed by atoms with Crippen molar-refractivity contribution in [3.8, 4) is 0 Å². The largest absolute Gasteiger partial charge is 0.373 e. The molecule has 1 aromatic heterocycles. The van der Waals surface area contributed by atoms with E-state index in [1.165, 1.54) is 25.5 Å². The standard InChI is InChI=1S/C17H27FN2O/c1-3-10-20-16(14-11-15(18)13-19-12-14)17(21-4-2)8-6-5-7-9-17/h11-13,16,20H,3-10H2,1-2H3. The Morgan fingerprint density at radius 2 is 2.05 bits per heavy atom. The zero-order valence-electron chi connectivity index (χ0n) is 13.2. The SMILES string of the molecule is CCCNC(c1cncc(F)c1)C1(OCC)CCCCC1. The molecule has 4 heteroatoms. The summed E-state index contributed by atoms with van der Waals surface area (Å²) in [5, 5.41) is 3.58. The number of halogens is 1. The van der Waals surface area contributed by atoms with Gasteiger partial charge in [0.1, 0.15) is 5.82 Å². The summed E-state index contributed by atoms with van der Waals surface area (Å²) in [4.78, 5) is 4.03. The fourth-order valence-corrected chi connectivity index (χ4v) is 3.44. The molecule has 0 radical (unpaired) electrons. The van der Waals surface area contributed by atoms with Gasteiger partial charge < -0.3 is 10.1 Å². The molecule has 0 spiro atoms. The number of nitrogens with zero attached hydrogens (tertiary/aromatic N) is 1. The zero-order chi connectivity index (χ0) is 15.1. The lowest BCUT2D eigenvalue weighted by Gasteiger charge is -2.44. The van der Waals surface area contributed by atoms with Crippen LogP contribution < -0.4 is 5.32 Å². The first-order valence-electron chi connectivity index (χ1n) is 8.19. The minimum absolute atomic E-state index is 0.0147. The molecule has 1 aliphatic rings. The maximum absolute atomic E-state index is 13.6. The highest BCUT2D eigenvalue weighted by molar-refractivity contribution is 5.20. The van der Waals surface area contributed by atoms with Gasteiger partial charge in [0.05, 0.1) is 17.8 Å². The molecule has 0 bridgehead atoms. The van der Waals surface area contributed by atoms with Crippen LogP contribution in [-0.2, 0) is 4.74 Å². The smallest absolute Gasteiger partial charge is 0.141 e. The minimum atomic E-state index is -0.279. The molecule has 3 nitrogen and oxygen atoms in total. The van der Waals surface area contributed by atoms with E-state index in [1.54, 1.807) is 12.3 Å². The van der Waals surface area contributed by atoms with Crippen LogP contribution in [0.4, 0.5) is 4.39 Å². The normalized spacial score (nSPS) is 19.4. The summed E-state index contributed by atoms with van der Waals surface area (Å²) in [5.74, 6) is -0.279. The third-order valence-corrected chi connectivity index (χ3v) is 4.32. The molecule has 1 heterocycles. The molecule has 0 aliphatic heterocycles. The van der Waals surface area contributed by atoms with Crippen LogP contribution in [0, 0.1) is 5.82 Å². The molecule has 1 aromatic rings. The second-order valence-corrected chi connectivity index (χ2v) is 5.88. The van der Waals surface area contributed by atoms with E-state index in [2.05, 4.69) is 17.2 Å². The van der Waals surface area contributed by atoms with Gasteiger partial charge in [-0.15, -0.1) is 0 Å². The lowest BCUT2D eigenvalue weighted by atomic mass is 9.76. The average molecular weight is 294 g/mol. The van der Waals surface area contributed by atoms with Gasteiger partial charge in [0.2, 0.25) is 0 Å². The van der Waals surface area contributed by atoms with Crippen LogP contribution >= 0.6 is 0 Å². The molecule has 1 unspecified atom stereocenters. The first-order valence-corrected chi connectivity index (χ1v) is 8.19. The number of hydrogen-bond donors (Lipinski definition) is 1. The number of rotatable bonds is 7. The predicted octanol–water partition coefficient (Wildman–Crippen LogP) is 4.00. The molecule has 1 atom stereocenters. The fraction of sp³-hybridized carbons (Fsp3) is 0.706. The van der Waals surface area contributed by atoms with E-state index in [4.69, 9.17) is 4.74 Å². The molecule has 1 N–H and O–H groups in total. The topological polar surface area (TPSA) is 34.2 Å². The zero-order valence-corrected chi connectivity index (χ0v) is 13.2. The van der Waals surface area contributed by atoms with Gasteiger partial charge in [-0.1, -0.05) is 26.2 Å². The van der Waals surface area contributed by atoms with Crippen molar-refractivity contribution in [1.82, 2.24) is 10.3 Å². The van der Waals surface area contributed by atoms with E-state index in [0.717, 1.165) is 31.4 Å². The van der Waals surface area contributed by atoms with Crippen molar-refractivity contribution in [3.05, 3.63) is 29.8 Å². The number of pyridine rings is 1. The maximum atomic E-state index is 13.6. The van der Waals surface area contributed by atoms with Crippen LogP contribution in [0.1, 0.15) is 64.0 Å². The van der Waals surface area contributed by atoms with E-state index in [0.29, 0.717) is 6.61 Å². The van der Waals surface area contributed by atoms with Crippen molar-refractivity contribution in [1.29, 1.82) is 0 Å². The Labute approximate surface area is 127 Å². The van der Waals surface area contributed by atoms with E-state index in [-0.39, 0.29) is 17.5 Å². The van der Waals surface area contributed by atoms with Crippen LogP contribution in [0.3, 0.4) is 0 Å². The van der Waals surface area contributed by atoms with Gasteiger partial charge in [0, 0.05) is 12.8 Å². The van der Waals surface area contributed by atoms with Gasteiger partial charge in [-0.2, -0.15) is 0 Å². The molecular formula is C17H27FN2O. The average Bonchev–Trinajstić information content (AvgIpc) is 2.49. The molecule has 2 rings (SSSR count). The van der Waals surface area contributed by atoms with E-state index >= 15 is 0 Å². The Morgan fingerprint density at radius 3 is 2.67 bits per heavy atom. The van der Waals surface area contributed by atoms with Crippen LogP contribution in [0.15, 0.2) is 18.5 Å². The molecule has 0 aromatic carbocycles. The van der Waals surface area contributed by atoms with E-state index in [1.807, 2.05) is 6.92 Å². The Hall–Kier alpha value is -1.00. The van der Waals surface area contributed by atoms with Gasteiger partial charge in [-0.05, 0) is 44.4 Å².